The monoisotopic (exact) mass is 425 g/mol. The molecule has 1 aliphatic rings. The Bertz CT molecular complexity index is 642. The Balaban J connectivity index is 0.00000264. The molecule has 2 rings (SSSR count). The van der Waals surface area contributed by atoms with E-state index in [-0.39, 0.29) is 42.2 Å². The van der Waals surface area contributed by atoms with Gasteiger partial charge in [0.15, 0.2) is 0 Å². The molecule has 1 aliphatic heterocycles. The number of amides is 1. The number of rotatable bonds is 5. The van der Waals surface area contributed by atoms with Crippen LogP contribution in [0.3, 0.4) is 0 Å². The lowest BCUT2D eigenvalue weighted by molar-refractivity contribution is -0.132. The van der Waals surface area contributed by atoms with Crippen molar-refractivity contribution in [1.29, 1.82) is 0 Å². The van der Waals surface area contributed by atoms with Gasteiger partial charge in [-0.15, -0.1) is 12.4 Å². The zero-order chi connectivity index (χ0) is 16.2. The van der Waals surface area contributed by atoms with Crippen molar-refractivity contribution in [3.63, 3.8) is 0 Å². The van der Waals surface area contributed by atoms with Crippen molar-refractivity contribution >= 4 is 44.3 Å². The molecule has 1 saturated heterocycles. The van der Waals surface area contributed by atoms with Gasteiger partial charge in [-0.2, -0.15) is 0 Å². The molecule has 0 saturated carbocycles. The normalized spacial score (nSPS) is 18.3. The fourth-order valence-electron chi connectivity index (χ4n) is 2.33. The summed E-state index contributed by atoms with van der Waals surface area (Å²) in [5.74, 6) is -0.0229. The number of nitrogens with one attached hydrogen (secondary N) is 2. The van der Waals surface area contributed by atoms with E-state index in [0.717, 1.165) is 6.54 Å². The predicted molar refractivity (Wildman–Crippen MR) is 95.2 cm³/mol. The van der Waals surface area contributed by atoms with Crippen molar-refractivity contribution in [2.24, 2.45) is 0 Å². The SMILES string of the molecule is CC1CN(C(=O)CCNS(=O)(=O)c2cccc(Br)c2)CCN1.Cl. The highest BCUT2D eigenvalue weighted by atomic mass is 79.9. The summed E-state index contributed by atoms with van der Waals surface area (Å²) in [7, 11) is -3.58. The molecule has 6 nitrogen and oxygen atoms in total. The van der Waals surface area contributed by atoms with Gasteiger partial charge in [0.1, 0.15) is 0 Å². The van der Waals surface area contributed by atoms with Crippen LogP contribution in [0.5, 0.6) is 0 Å². The fraction of sp³-hybridized carbons (Fsp3) is 0.500. The lowest BCUT2D eigenvalue weighted by atomic mass is 10.2. The van der Waals surface area contributed by atoms with E-state index in [1.807, 2.05) is 6.92 Å². The number of halogens is 2. The average molecular weight is 427 g/mol. The number of piperazine rings is 1. The van der Waals surface area contributed by atoms with Crippen molar-refractivity contribution in [2.45, 2.75) is 24.3 Å². The zero-order valence-corrected chi connectivity index (χ0v) is 16.0. The van der Waals surface area contributed by atoms with Crippen LogP contribution in [0.1, 0.15) is 13.3 Å². The minimum atomic E-state index is -3.58. The third kappa shape index (κ3) is 6.04. The molecule has 23 heavy (non-hydrogen) atoms. The molecule has 1 atom stereocenters. The molecule has 130 valence electrons. The van der Waals surface area contributed by atoms with Crippen molar-refractivity contribution in [1.82, 2.24) is 14.9 Å². The lowest BCUT2D eigenvalue weighted by Crippen LogP contribution is -2.51. The van der Waals surface area contributed by atoms with Gasteiger partial charge in [-0.05, 0) is 25.1 Å². The van der Waals surface area contributed by atoms with Gasteiger partial charge >= 0.3 is 0 Å². The quantitative estimate of drug-likeness (QED) is 0.745. The zero-order valence-electron chi connectivity index (χ0n) is 12.8. The molecule has 9 heteroatoms. The van der Waals surface area contributed by atoms with E-state index in [4.69, 9.17) is 0 Å². The first-order valence-corrected chi connectivity index (χ1v) is 9.42. The molecule has 1 amide bonds. The summed E-state index contributed by atoms with van der Waals surface area (Å²) in [6.45, 7) is 4.23. The minimum absolute atomic E-state index is 0. The molecule has 1 unspecified atom stereocenters. The van der Waals surface area contributed by atoms with E-state index >= 15 is 0 Å². The number of benzene rings is 1. The molecule has 1 heterocycles. The Hall–Kier alpha value is -0.670. The second-order valence-electron chi connectivity index (χ2n) is 5.30. The van der Waals surface area contributed by atoms with E-state index in [2.05, 4.69) is 26.0 Å². The maximum atomic E-state index is 12.1. The summed E-state index contributed by atoms with van der Waals surface area (Å²) < 4.78 is 27.4. The van der Waals surface area contributed by atoms with Gasteiger partial charge < -0.3 is 10.2 Å². The lowest BCUT2D eigenvalue weighted by Gasteiger charge is -2.32. The first-order valence-electron chi connectivity index (χ1n) is 7.15. The highest BCUT2D eigenvalue weighted by Gasteiger charge is 2.21. The van der Waals surface area contributed by atoms with Gasteiger partial charge in [0.25, 0.3) is 0 Å². The molecule has 0 spiro atoms. The van der Waals surface area contributed by atoms with Gasteiger partial charge in [0.2, 0.25) is 15.9 Å². The second kappa shape index (κ2) is 8.98. The molecule has 0 aliphatic carbocycles. The molecule has 1 fully saturated rings. The second-order valence-corrected chi connectivity index (χ2v) is 7.98. The number of nitrogens with zero attached hydrogens (tertiary/aromatic N) is 1. The van der Waals surface area contributed by atoms with Crippen LogP contribution in [-0.2, 0) is 14.8 Å². The number of hydrogen-bond donors (Lipinski definition) is 2. The van der Waals surface area contributed by atoms with E-state index in [1.54, 1.807) is 17.0 Å². The number of hydrogen-bond acceptors (Lipinski definition) is 4. The maximum absolute atomic E-state index is 12.1. The van der Waals surface area contributed by atoms with Crippen LogP contribution in [0, 0.1) is 0 Å². The Morgan fingerprint density at radius 3 is 2.87 bits per heavy atom. The fourth-order valence-corrected chi connectivity index (χ4v) is 3.95. The average Bonchev–Trinajstić information content (AvgIpc) is 2.47. The van der Waals surface area contributed by atoms with E-state index in [0.29, 0.717) is 17.6 Å². The first kappa shape index (κ1) is 20.4. The van der Waals surface area contributed by atoms with Crippen LogP contribution in [-0.4, -0.2) is 51.4 Å². The van der Waals surface area contributed by atoms with Crippen molar-refractivity contribution in [3.05, 3.63) is 28.7 Å². The molecular weight excluding hydrogens is 406 g/mol. The maximum Gasteiger partial charge on any atom is 0.240 e. The Kier molecular flexibility index (Phi) is 7.96. The molecule has 0 radical (unpaired) electrons. The first-order chi connectivity index (χ1) is 10.4. The Morgan fingerprint density at radius 1 is 1.48 bits per heavy atom. The van der Waals surface area contributed by atoms with Gasteiger partial charge in [-0.3, -0.25) is 4.79 Å². The third-order valence-corrected chi connectivity index (χ3v) is 5.41. The summed E-state index contributed by atoms with van der Waals surface area (Å²) in [6, 6.07) is 6.74. The van der Waals surface area contributed by atoms with Crippen molar-refractivity contribution < 1.29 is 13.2 Å². The summed E-state index contributed by atoms with van der Waals surface area (Å²) in [6.07, 6.45) is 0.167. The molecule has 1 aromatic carbocycles. The van der Waals surface area contributed by atoms with E-state index in [1.165, 1.54) is 12.1 Å². The van der Waals surface area contributed by atoms with Crippen LogP contribution in [0.4, 0.5) is 0 Å². The van der Waals surface area contributed by atoms with Crippen LogP contribution in [0.2, 0.25) is 0 Å². The van der Waals surface area contributed by atoms with Crippen LogP contribution in [0.15, 0.2) is 33.6 Å². The topological polar surface area (TPSA) is 78.5 Å². The summed E-state index contributed by atoms with van der Waals surface area (Å²) >= 11 is 3.24. The van der Waals surface area contributed by atoms with E-state index < -0.39 is 10.0 Å². The molecular formula is C14H21BrClN3O3S. The van der Waals surface area contributed by atoms with Crippen molar-refractivity contribution in [2.75, 3.05) is 26.2 Å². The molecule has 0 aromatic heterocycles. The largest absolute Gasteiger partial charge is 0.340 e. The third-order valence-electron chi connectivity index (χ3n) is 3.46. The smallest absolute Gasteiger partial charge is 0.240 e. The standard InChI is InChI=1S/C14H20BrN3O3S.ClH/c1-11-10-18(8-7-16-11)14(19)5-6-17-22(20,21)13-4-2-3-12(15)9-13;/h2-4,9,11,16-17H,5-8,10H2,1H3;1H. The van der Waals surface area contributed by atoms with Gasteiger partial charge in [0, 0.05) is 43.1 Å². The van der Waals surface area contributed by atoms with Crippen LogP contribution in [0.25, 0.3) is 0 Å². The van der Waals surface area contributed by atoms with Crippen LogP contribution < -0.4 is 10.0 Å². The van der Waals surface area contributed by atoms with Gasteiger partial charge in [-0.1, -0.05) is 22.0 Å². The van der Waals surface area contributed by atoms with Crippen LogP contribution >= 0.6 is 28.3 Å². The minimum Gasteiger partial charge on any atom is -0.340 e. The highest BCUT2D eigenvalue weighted by molar-refractivity contribution is 9.10. The Morgan fingerprint density at radius 2 is 2.22 bits per heavy atom. The number of sulfonamides is 1. The molecule has 0 bridgehead atoms. The Labute approximate surface area is 151 Å². The van der Waals surface area contributed by atoms with Gasteiger partial charge in [-0.25, -0.2) is 13.1 Å². The van der Waals surface area contributed by atoms with Gasteiger partial charge in [0.05, 0.1) is 4.90 Å². The van der Waals surface area contributed by atoms with Crippen molar-refractivity contribution in [3.8, 4) is 0 Å². The predicted octanol–water partition coefficient (Wildman–Crippen LogP) is 1.36. The molecule has 2 N–H and O–H groups in total. The van der Waals surface area contributed by atoms with E-state index in [9.17, 15) is 13.2 Å². The highest BCUT2D eigenvalue weighted by Crippen LogP contribution is 2.15. The number of carbonyl (C=O) groups is 1. The summed E-state index contributed by atoms with van der Waals surface area (Å²) in [5.41, 5.74) is 0. The number of carbonyl (C=O) groups excluding carboxylic acids is 1. The molecule has 1 aromatic rings. The summed E-state index contributed by atoms with van der Waals surface area (Å²) in [5, 5.41) is 3.26. The summed E-state index contributed by atoms with van der Waals surface area (Å²) in [4.78, 5) is 14.0.